The van der Waals surface area contributed by atoms with Crippen LogP contribution in [0.1, 0.15) is 33.4 Å². The molecule has 110 valence electrons. The van der Waals surface area contributed by atoms with Gasteiger partial charge in [0.05, 0.1) is 18.7 Å². The number of phenols is 1. The first-order chi connectivity index (χ1) is 10.5. The second-order valence-corrected chi connectivity index (χ2v) is 5.16. The van der Waals surface area contributed by atoms with Gasteiger partial charge >= 0.3 is 0 Å². The molecule has 0 aliphatic rings. The molecule has 0 aliphatic heterocycles. The van der Waals surface area contributed by atoms with Crippen LogP contribution in [0, 0.1) is 36.5 Å². The zero-order valence-corrected chi connectivity index (χ0v) is 12.8. The molecule has 0 aliphatic carbocycles. The van der Waals surface area contributed by atoms with Crippen molar-refractivity contribution in [2.24, 2.45) is 0 Å². The Morgan fingerprint density at radius 3 is 2.41 bits per heavy atom. The van der Waals surface area contributed by atoms with Crippen molar-refractivity contribution in [3.05, 3.63) is 57.6 Å². The number of hydrogen-bond acceptors (Lipinski definition) is 4. The minimum absolute atomic E-state index is 0.0934. The van der Waals surface area contributed by atoms with E-state index in [9.17, 15) is 15.6 Å². The van der Waals surface area contributed by atoms with E-state index in [0.29, 0.717) is 17.5 Å². The molecule has 2 aromatic carbocycles. The summed E-state index contributed by atoms with van der Waals surface area (Å²) >= 11 is 0. The van der Waals surface area contributed by atoms with Crippen molar-refractivity contribution in [2.75, 3.05) is 7.11 Å². The summed E-state index contributed by atoms with van der Waals surface area (Å²) in [5, 5.41) is 28.8. The fourth-order valence-corrected chi connectivity index (χ4v) is 2.48. The molecule has 0 spiro atoms. The van der Waals surface area contributed by atoms with Gasteiger partial charge in [-0.05, 0) is 30.5 Å². The zero-order chi connectivity index (χ0) is 16.3. The Balaban J connectivity index is 2.62. The molecule has 0 amide bonds. The van der Waals surface area contributed by atoms with Gasteiger partial charge in [0, 0.05) is 12.5 Å². The number of nitriles is 2. The van der Waals surface area contributed by atoms with Crippen LogP contribution in [-0.4, -0.2) is 12.2 Å². The number of methoxy groups -OCH3 is 1. The SMILES string of the molecule is COc1cc(C#N)c(Cc2ccc(C)cc2C)c(C#N)c1O. The largest absolute Gasteiger partial charge is 0.503 e. The number of nitrogens with zero attached hydrogens (tertiary/aromatic N) is 2. The molecule has 22 heavy (non-hydrogen) atoms. The van der Waals surface area contributed by atoms with E-state index in [1.54, 1.807) is 0 Å². The fraction of sp³-hybridized carbons (Fsp3) is 0.222. The molecule has 4 heteroatoms. The van der Waals surface area contributed by atoms with Crippen LogP contribution in [0.4, 0.5) is 0 Å². The third kappa shape index (κ3) is 2.73. The Morgan fingerprint density at radius 1 is 1.14 bits per heavy atom. The molecular weight excluding hydrogens is 276 g/mol. The predicted octanol–water partition coefficient (Wildman–Crippen LogP) is 3.35. The molecule has 2 rings (SSSR count). The first-order valence-electron chi connectivity index (χ1n) is 6.81. The quantitative estimate of drug-likeness (QED) is 0.941. The lowest BCUT2D eigenvalue weighted by atomic mass is 9.92. The molecule has 2 aromatic rings. The molecule has 0 fully saturated rings. The van der Waals surface area contributed by atoms with Crippen LogP contribution in [0.15, 0.2) is 24.3 Å². The monoisotopic (exact) mass is 292 g/mol. The number of aryl methyl sites for hydroxylation is 2. The van der Waals surface area contributed by atoms with E-state index in [0.717, 1.165) is 16.7 Å². The highest BCUT2D eigenvalue weighted by molar-refractivity contribution is 5.63. The molecule has 0 unspecified atom stereocenters. The van der Waals surface area contributed by atoms with Gasteiger partial charge in [0.25, 0.3) is 0 Å². The molecule has 1 N–H and O–H groups in total. The zero-order valence-electron chi connectivity index (χ0n) is 12.8. The lowest BCUT2D eigenvalue weighted by Crippen LogP contribution is -2.01. The van der Waals surface area contributed by atoms with E-state index in [2.05, 4.69) is 12.1 Å². The molecule has 0 atom stereocenters. The van der Waals surface area contributed by atoms with Crippen molar-refractivity contribution < 1.29 is 9.84 Å². The maximum atomic E-state index is 10.1. The summed E-state index contributed by atoms with van der Waals surface area (Å²) in [6, 6.07) is 11.6. The van der Waals surface area contributed by atoms with Gasteiger partial charge < -0.3 is 9.84 Å². The summed E-state index contributed by atoms with van der Waals surface area (Å²) < 4.78 is 5.02. The molecule has 0 saturated carbocycles. The summed E-state index contributed by atoms with van der Waals surface area (Å²) in [6.07, 6.45) is 0.412. The van der Waals surface area contributed by atoms with Crippen LogP contribution in [0.25, 0.3) is 0 Å². The van der Waals surface area contributed by atoms with Crippen molar-refractivity contribution in [3.8, 4) is 23.6 Å². The van der Waals surface area contributed by atoms with Crippen LogP contribution in [0.3, 0.4) is 0 Å². The fourth-order valence-electron chi connectivity index (χ4n) is 2.48. The standard InChI is InChI=1S/C18H16N2O2/c1-11-4-5-13(12(2)6-11)7-15-14(9-19)8-17(22-3)18(21)16(15)10-20/h4-6,8,21H,7H2,1-3H3. The van der Waals surface area contributed by atoms with E-state index in [1.165, 1.54) is 13.2 Å². The Kier molecular flexibility index (Phi) is 4.34. The van der Waals surface area contributed by atoms with Gasteiger partial charge in [-0.3, -0.25) is 0 Å². The van der Waals surface area contributed by atoms with Crippen molar-refractivity contribution >= 4 is 0 Å². The number of benzene rings is 2. The molecular formula is C18H16N2O2. The third-order valence-electron chi connectivity index (χ3n) is 3.69. The van der Waals surface area contributed by atoms with Crippen LogP contribution >= 0.6 is 0 Å². The van der Waals surface area contributed by atoms with Crippen molar-refractivity contribution in [1.82, 2.24) is 0 Å². The number of rotatable bonds is 3. The Bertz CT molecular complexity index is 811. The van der Waals surface area contributed by atoms with Gasteiger partial charge in [-0.15, -0.1) is 0 Å². The minimum atomic E-state index is -0.219. The van der Waals surface area contributed by atoms with Gasteiger partial charge in [0.15, 0.2) is 11.5 Å². The van der Waals surface area contributed by atoms with Crippen LogP contribution in [-0.2, 0) is 6.42 Å². The average molecular weight is 292 g/mol. The second kappa shape index (κ2) is 6.20. The third-order valence-corrected chi connectivity index (χ3v) is 3.69. The molecule has 0 aromatic heterocycles. The lowest BCUT2D eigenvalue weighted by Gasteiger charge is -2.13. The van der Waals surface area contributed by atoms with Crippen molar-refractivity contribution in [2.45, 2.75) is 20.3 Å². The van der Waals surface area contributed by atoms with Crippen LogP contribution in [0.5, 0.6) is 11.5 Å². The van der Waals surface area contributed by atoms with Crippen LogP contribution in [0.2, 0.25) is 0 Å². The number of hydrogen-bond donors (Lipinski definition) is 1. The highest BCUT2D eigenvalue weighted by Gasteiger charge is 2.19. The topological polar surface area (TPSA) is 77.0 Å². The van der Waals surface area contributed by atoms with Gasteiger partial charge in [-0.2, -0.15) is 10.5 Å². The summed E-state index contributed by atoms with van der Waals surface area (Å²) in [4.78, 5) is 0. The number of phenolic OH excluding ortho intramolecular Hbond substituents is 1. The van der Waals surface area contributed by atoms with Gasteiger partial charge in [-0.1, -0.05) is 23.8 Å². The maximum absolute atomic E-state index is 10.1. The van der Waals surface area contributed by atoms with Crippen molar-refractivity contribution in [1.29, 1.82) is 10.5 Å². The first kappa shape index (κ1) is 15.4. The maximum Gasteiger partial charge on any atom is 0.176 e. The second-order valence-electron chi connectivity index (χ2n) is 5.16. The van der Waals surface area contributed by atoms with E-state index in [1.807, 2.05) is 32.0 Å². The Morgan fingerprint density at radius 2 is 1.86 bits per heavy atom. The average Bonchev–Trinajstić information content (AvgIpc) is 2.50. The molecule has 0 bridgehead atoms. The molecule has 4 nitrogen and oxygen atoms in total. The smallest absolute Gasteiger partial charge is 0.176 e. The molecule has 0 saturated heterocycles. The highest BCUT2D eigenvalue weighted by Crippen LogP contribution is 2.35. The highest BCUT2D eigenvalue weighted by atomic mass is 16.5. The Hall–Kier alpha value is -2.98. The number of aromatic hydroxyl groups is 1. The Labute approximate surface area is 129 Å². The number of ether oxygens (including phenoxy) is 1. The van der Waals surface area contributed by atoms with Crippen molar-refractivity contribution in [3.63, 3.8) is 0 Å². The lowest BCUT2D eigenvalue weighted by molar-refractivity contribution is 0.372. The summed E-state index contributed by atoms with van der Waals surface area (Å²) in [5.41, 5.74) is 4.21. The summed E-state index contributed by atoms with van der Waals surface area (Å²) in [7, 11) is 1.39. The van der Waals surface area contributed by atoms with Gasteiger partial charge in [0.2, 0.25) is 0 Å². The van der Waals surface area contributed by atoms with Crippen LogP contribution < -0.4 is 4.74 Å². The van der Waals surface area contributed by atoms with Gasteiger partial charge in [0.1, 0.15) is 11.6 Å². The van der Waals surface area contributed by atoms with E-state index < -0.39 is 0 Å². The minimum Gasteiger partial charge on any atom is -0.503 e. The summed E-state index contributed by atoms with van der Waals surface area (Å²) in [6.45, 7) is 4.00. The van der Waals surface area contributed by atoms with E-state index >= 15 is 0 Å². The van der Waals surface area contributed by atoms with E-state index in [4.69, 9.17) is 4.74 Å². The van der Waals surface area contributed by atoms with Gasteiger partial charge in [-0.25, -0.2) is 0 Å². The predicted molar refractivity (Wildman–Crippen MR) is 82.8 cm³/mol. The summed E-state index contributed by atoms with van der Waals surface area (Å²) in [5.74, 6) is -0.0822. The van der Waals surface area contributed by atoms with E-state index in [-0.39, 0.29) is 17.1 Å². The first-order valence-corrected chi connectivity index (χ1v) is 6.81. The normalized spacial score (nSPS) is 9.86. The molecule has 0 radical (unpaired) electrons. The molecule has 0 heterocycles.